The molecule has 1 N–H and O–H groups in total. The molecule has 0 saturated heterocycles. The number of carbonyl (C=O) groups is 1. The van der Waals surface area contributed by atoms with Gasteiger partial charge in [0, 0.05) is 13.1 Å². The van der Waals surface area contributed by atoms with Crippen molar-refractivity contribution in [2.75, 3.05) is 13.1 Å². The molecule has 0 unspecified atom stereocenters. The molecule has 0 atom stereocenters. The van der Waals surface area contributed by atoms with E-state index in [0.717, 1.165) is 23.1 Å². The first-order valence-electron chi connectivity index (χ1n) is 11.8. The Morgan fingerprint density at radius 1 is 0.914 bits per heavy atom. The lowest BCUT2D eigenvalue weighted by Crippen LogP contribution is -2.37. The van der Waals surface area contributed by atoms with Gasteiger partial charge in [-0.3, -0.25) is 0 Å². The number of carboxylic acid groups (broad SMARTS) is 1. The first kappa shape index (κ1) is 26.4. The van der Waals surface area contributed by atoms with E-state index < -0.39 is 21.6 Å². The van der Waals surface area contributed by atoms with Crippen LogP contribution in [0.3, 0.4) is 0 Å². The van der Waals surface area contributed by atoms with Crippen molar-refractivity contribution in [3.05, 3.63) is 84.4 Å². The number of hydrogen-bond donors (Lipinski definition) is 1. The molecule has 0 aliphatic carbocycles. The number of sulfonamides is 1. The molecule has 0 spiro atoms. The molecule has 7 heteroatoms. The number of ether oxygens (including phenoxy) is 1. The zero-order chi connectivity index (χ0) is 25.5. The number of rotatable bonds is 12. The van der Waals surface area contributed by atoms with E-state index in [0.29, 0.717) is 31.7 Å². The number of aryl methyl sites for hydroxylation is 1. The molecule has 0 amide bonds. The smallest absolute Gasteiger partial charge is 0.347 e. The molecule has 0 aromatic heterocycles. The summed E-state index contributed by atoms with van der Waals surface area (Å²) >= 11 is 0. The van der Waals surface area contributed by atoms with Gasteiger partial charge in [-0.25, -0.2) is 13.2 Å². The summed E-state index contributed by atoms with van der Waals surface area (Å²) in [5.74, 6) is -0.563. The average molecular weight is 496 g/mol. The van der Waals surface area contributed by atoms with Crippen LogP contribution in [-0.2, 0) is 21.2 Å². The lowest BCUT2D eigenvalue weighted by molar-refractivity contribution is -0.152. The van der Waals surface area contributed by atoms with Crippen LogP contribution in [0.25, 0.3) is 11.1 Å². The van der Waals surface area contributed by atoms with Crippen LogP contribution in [0.5, 0.6) is 5.75 Å². The van der Waals surface area contributed by atoms with Crippen LogP contribution < -0.4 is 4.74 Å². The predicted molar refractivity (Wildman–Crippen MR) is 138 cm³/mol. The Balaban J connectivity index is 1.67. The first-order chi connectivity index (χ1) is 16.6. The van der Waals surface area contributed by atoms with Crippen molar-refractivity contribution in [1.29, 1.82) is 0 Å². The van der Waals surface area contributed by atoms with Gasteiger partial charge in [0.05, 0.1) is 4.90 Å². The highest BCUT2D eigenvalue weighted by Gasteiger charge is 2.29. The number of hydrogen-bond acceptors (Lipinski definition) is 4. The third-order valence-corrected chi connectivity index (χ3v) is 7.64. The minimum absolute atomic E-state index is 0.289. The molecule has 0 saturated carbocycles. The largest absolute Gasteiger partial charge is 0.478 e. The van der Waals surface area contributed by atoms with Crippen molar-refractivity contribution >= 4 is 16.0 Å². The van der Waals surface area contributed by atoms with Gasteiger partial charge < -0.3 is 9.84 Å². The summed E-state index contributed by atoms with van der Waals surface area (Å²) in [6.07, 6.45) is 2.00. The summed E-state index contributed by atoms with van der Waals surface area (Å²) in [7, 11) is -3.61. The first-order valence-corrected chi connectivity index (χ1v) is 13.2. The van der Waals surface area contributed by atoms with Crippen LogP contribution in [-0.4, -0.2) is 42.5 Å². The molecule has 3 aromatic carbocycles. The van der Waals surface area contributed by atoms with Crippen molar-refractivity contribution in [1.82, 2.24) is 4.31 Å². The lowest BCUT2D eigenvalue weighted by atomic mass is 10.1. The highest BCUT2D eigenvalue weighted by Crippen LogP contribution is 2.24. The van der Waals surface area contributed by atoms with Gasteiger partial charge >= 0.3 is 5.97 Å². The van der Waals surface area contributed by atoms with E-state index in [4.69, 9.17) is 4.74 Å². The normalized spacial score (nSPS) is 12.0. The van der Waals surface area contributed by atoms with Gasteiger partial charge in [-0.15, -0.1) is 0 Å². The Labute approximate surface area is 208 Å². The number of carboxylic acids is 1. The molecule has 0 aliphatic heterocycles. The lowest BCUT2D eigenvalue weighted by Gasteiger charge is -2.23. The molecular formula is C28H33NO5S. The number of nitrogens with zero attached hydrogens (tertiary/aromatic N) is 1. The molecule has 0 bridgehead atoms. The monoisotopic (exact) mass is 495 g/mol. The van der Waals surface area contributed by atoms with E-state index in [2.05, 4.69) is 0 Å². The van der Waals surface area contributed by atoms with Crippen LogP contribution in [0.1, 0.15) is 39.2 Å². The standard InChI is InChI=1S/C28H33NO5S/c1-4-19-29(20-9-11-22-10-8-14-25(21-22)34-28(2,3)27(30)31)35(32,33)26-17-15-24(16-18-26)23-12-6-5-7-13-23/h5-8,10,12-18,21H,4,9,11,19-20H2,1-3H3,(H,30,31). The van der Waals surface area contributed by atoms with E-state index in [1.165, 1.54) is 13.8 Å². The number of aliphatic carboxylic acids is 1. The fourth-order valence-electron chi connectivity index (χ4n) is 3.76. The molecule has 0 fully saturated rings. The Bertz CT molecular complexity index is 1220. The molecule has 6 nitrogen and oxygen atoms in total. The van der Waals surface area contributed by atoms with E-state index in [1.807, 2.05) is 67.6 Å². The van der Waals surface area contributed by atoms with Gasteiger partial charge in [-0.2, -0.15) is 4.31 Å². The van der Waals surface area contributed by atoms with E-state index in [9.17, 15) is 18.3 Å². The van der Waals surface area contributed by atoms with Crippen molar-refractivity contribution < 1.29 is 23.1 Å². The maximum absolute atomic E-state index is 13.3. The average Bonchev–Trinajstić information content (AvgIpc) is 2.84. The zero-order valence-corrected chi connectivity index (χ0v) is 21.3. The summed E-state index contributed by atoms with van der Waals surface area (Å²) in [6.45, 7) is 5.80. The van der Waals surface area contributed by atoms with Crippen molar-refractivity contribution in [2.24, 2.45) is 0 Å². The minimum atomic E-state index is -3.61. The SMILES string of the molecule is CCCN(CCCc1cccc(OC(C)(C)C(=O)O)c1)S(=O)(=O)c1ccc(-c2ccccc2)cc1. The molecule has 3 aromatic rings. The minimum Gasteiger partial charge on any atom is -0.478 e. The maximum Gasteiger partial charge on any atom is 0.347 e. The Morgan fingerprint density at radius 2 is 1.57 bits per heavy atom. The molecule has 3 rings (SSSR count). The van der Waals surface area contributed by atoms with Crippen LogP contribution >= 0.6 is 0 Å². The summed E-state index contributed by atoms with van der Waals surface area (Å²) < 4.78 is 33.8. The molecule has 186 valence electrons. The Kier molecular flexibility index (Phi) is 8.70. The van der Waals surface area contributed by atoms with Crippen LogP contribution in [0, 0.1) is 0 Å². The summed E-state index contributed by atoms with van der Waals surface area (Å²) in [4.78, 5) is 11.6. The highest BCUT2D eigenvalue weighted by molar-refractivity contribution is 7.89. The van der Waals surface area contributed by atoms with Crippen LogP contribution in [0.2, 0.25) is 0 Å². The van der Waals surface area contributed by atoms with Crippen LogP contribution in [0.15, 0.2) is 83.8 Å². The Hall–Kier alpha value is -3.16. The fourth-order valence-corrected chi connectivity index (χ4v) is 5.33. The maximum atomic E-state index is 13.3. The second-order valence-corrected chi connectivity index (χ2v) is 10.9. The van der Waals surface area contributed by atoms with Gasteiger partial charge in [0.2, 0.25) is 10.0 Å². The molecule has 0 aliphatic rings. The van der Waals surface area contributed by atoms with Crippen molar-refractivity contribution in [3.8, 4) is 16.9 Å². The second kappa shape index (κ2) is 11.5. The topological polar surface area (TPSA) is 83.9 Å². The quantitative estimate of drug-likeness (QED) is 0.352. The van der Waals surface area contributed by atoms with Gasteiger partial charge in [0.25, 0.3) is 0 Å². The molecule has 0 radical (unpaired) electrons. The molecular weight excluding hydrogens is 462 g/mol. The van der Waals surface area contributed by atoms with Crippen molar-refractivity contribution in [2.45, 2.75) is 50.5 Å². The van der Waals surface area contributed by atoms with Gasteiger partial charge in [0.1, 0.15) is 5.75 Å². The summed E-state index contributed by atoms with van der Waals surface area (Å²) in [5.41, 5.74) is 1.64. The second-order valence-electron chi connectivity index (χ2n) is 8.96. The van der Waals surface area contributed by atoms with E-state index in [1.54, 1.807) is 22.5 Å². The van der Waals surface area contributed by atoms with Crippen LogP contribution in [0.4, 0.5) is 0 Å². The summed E-state index contributed by atoms with van der Waals surface area (Å²) in [5, 5.41) is 9.28. The predicted octanol–water partition coefficient (Wildman–Crippen LogP) is 5.63. The molecule has 0 heterocycles. The number of benzene rings is 3. The zero-order valence-electron chi connectivity index (χ0n) is 20.5. The molecule has 35 heavy (non-hydrogen) atoms. The van der Waals surface area contributed by atoms with E-state index in [-0.39, 0.29) is 4.90 Å². The van der Waals surface area contributed by atoms with Crippen molar-refractivity contribution in [3.63, 3.8) is 0 Å². The summed E-state index contributed by atoms with van der Waals surface area (Å²) in [6, 6.07) is 24.2. The van der Waals surface area contributed by atoms with Gasteiger partial charge in [-0.1, -0.05) is 61.5 Å². The Morgan fingerprint density at radius 3 is 2.20 bits per heavy atom. The van der Waals surface area contributed by atoms with Gasteiger partial charge in [0.15, 0.2) is 5.60 Å². The third kappa shape index (κ3) is 6.93. The van der Waals surface area contributed by atoms with E-state index >= 15 is 0 Å². The van der Waals surface area contributed by atoms with Gasteiger partial charge in [-0.05, 0) is 74.1 Å². The third-order valence-electron chi connectivity index (χ3n) is 5.73. The highest BCUT2D eigenvalue weighted by atomic mass is 32.2. The fraction of sp³-hybridized carbons (Fsp3) is 0.321.